The van der Waals surface area contributed by atoms with Crippen molar-refractivity contribution in [2.75, 3.05) is 18.4 Å². The molecule has 8 heteroatoms. The topological polar surface area (TPSA) is 78.4 Å². The first-order valence-corrected chi connectivity index (χ1v) is 8.95. The first kappa shape index (κ1) is 19.3. The lowest BCUT2D eigenvalue weighted by Gasteiger charge is -2.26. The van der Waals surface area contributed by atoms with Crippen LogP contribution in [0.25, 0.3) is 5.57 Å². The van der Waals surface area contributed by atoms with Crippen LogP contribution < -0.4 is 5.32 Å². The van der Waals surface area contributed by atoms with Gasteiger partial charge in [0.05, 0.1) is 16.8 Å². The SMILES string of the molecule is CC(O)c1cnc(C2=CCN(C(=O)Nc3ccc(CF)cn3)CC2)c(Cl)c1. The van der Waals surface area contributed by atoms with Gasteiger partial charge in [-0.3, -0.25) is 10.3 Å². The summed E-state index contributed by atoms with van der Waals surface area (Å²) < 4.78 is 12.5. The number of amides is 2. The first-order valence-electron chi connectivity index (χ1n) is 8.57. The quantitative estimate of drug-likeness (QED) is 0.827. The molecule has 2 N–H and O–H groups in total. The Labute approximate surface area is 161 Å². The second-order valence-electron chi connectivity index (χ2n) is 6.32. The Morgan fingerprint density at radius 3 is 2.78 bits per heavy atom. The second kappa shape index (κ2) is 8.45. The van der Waals surface area contributed by atoms with E-state index < -0.39 is 12.8 Å². The molecule has 142 valence electrons. The molecule has 0 aliphatic carbocycles. The molecule has 3 heterocycles. The maximum Gasteiger partial charge on any atom is 0.323 e. The molecule has 1 unspecified atom stereocenters. The molecule has 0 fully saturated rings. The molecule has 0 saturated carbocycles. The van der Waals surface area contributed by atoms with Crippen molar-refractivity contribution < 1.29 is 14.3 Å². The van der Waals surface area contributed by atoms with Crippen molar-refractivity contribution in [1.29, 1.82) is 0 Å². The van der Waals surface area contributed by atoms with Gasteiger partial charge < -0.3 is 10.0 Å². The zero-order chi connectivity index (χ0) is 19.4. The Hall–Kier alpha value is -2.51. The van der Waals surface area contributed by atoms with Crippen LogP contribution >= 0.6 is 11.6 Å². The number of alkyl halides is 1. The van der Waals surface area contributed by atoms with E-state index in [0.29, 0.717) is 47.2 Å². The van der Waals surface area contributed by atoms with E-state index in [0.717, 1.165) is 5.57 Å². The number of aliphatic hydroxyl groups excluding tert-OH is 1. The number of halogens is 2. The number of rotatable bonds is 4. The van der Waals surface area contributed by atoms with Crippen molar-refractivity contribution >= 4 is 29.0 Å². The van der Waals surface area contributed by atoms with Crippen LogP contribution in [0.1, 0.15) is 36.3 Å². The van der Waals surface area contributed by atoms with E-state index in [1.165, 1.54) is 6.20 Å². The highest BCUT2D eigenvalue weighted by atomic mass is 35.5. The molecule has 0 radical (unpaired) electrons. The van der Waals surface area contributed by atoms with Gasteiger partial charge in [0.25, 0.3) is 0 Å². The molecule has 2 aromatic rings. The zero-order valence-corrected chi connectivity index (χ0v) is 15.6. The summed E-state index contributed by atoms with van der Waals surface area (Å²) in [4.78, 5) is 22.4. The van der Waals surface area contributed by atoms with Gasteiger partial charge in [-0.1, -0.05) is 23.7 Å². The minimum Gasteiger partial charge on any atom is -0.389 e. The number of pyridine rings is 2. The normalized spacial score (nSPS) is 15.3. The van der Waals surface area contributed by atoms with E-state index in [2.05, 4.69) is 15.3 Å². The standard InChI is InChI=1S/C19H20ClFN4O2/c1-12(26)15-8-16(20)18(23-11-15)14-4-6-25(7-5-14)19(27)24-17-3-2-13(9-21)10-22-17/h2-4,8,10-12,26H,5-7,9H2,1H3,(H,22,24,27). The Bertz CT molecular complexity index is 855. The number of aliphatic hydroxyl groups is 1. The summed E-state index contributed by atoms with van der Waals surface area (Å²) >= 11 is 6.30. The highest BCUT2D eigenvalue weighted by Crippen LogP contribution is 2.29. The third-order valence-corrected chi connectivity index (χ3v) is 4.65. The van der Waals surface area contributed by atoms with E-state index >= 15 is 0 Å². The lowest BCUT2D eigenvalue weighted by molar-refractivity contribution is 0.199. The summed E-state index contributed by atoms with van der Waals surface area (Å²) in [5.74, 6) is 0.380. The van der Waals surface area contributed by atoms with E-state index in [9.17, 15) is 14.3 Å². The number of nitrogens with one attached hydrogen (secondary N) is 1. The number of aromatic nitrogens is 2. The average Bonchev–Trinajstić information content (AvgIpc) is 2.68. The van der Waals surface area contributed by atoms with E-state index in [1.807, 2.05) is 6.08 Å². The van der Waals surface area contributed by atoms with Gasteiger partial charge in [-0.05, 0) is 31.1 Å². The van der Waals surface area contributed by atoms with Crippen LogP contribution in [0.3, 0.4) is 0 Å². The lowest BCUT2D eigenvalue weighted by Crippen LogP contribution is -2.38. The van der Waals surface area contributed by atoms with Gasteiger partial charge in [-0.25, -0.2) is 14.2 Å². The summed E-state index contributed by atoms with van der Waals surface area (Å²) in [5, 5.41) is 12.8. The smallest absolute Gasteiger partial charge is 0.323 e. The first-order chi connectivity index (χ1) is 13.0. The number of hydrogen-bond acceptors (Lipinski definition) is 4. The van der Waals surface area contributed by atoms with Gasteiger partial charge >= 0.3 is 6.03 Å². The van der Waals surface area contributed by atoms with Crippen LogP contribution in [0.4, 0.5) is 15.0 Å². The monoisotopic (exact) mass is 390 g/mol. The van der Waals surface area contributed by atoms with Gasteiger partial charge in [0.2, 0.25) is 0 Å². The third-order valence-electron chi connectivity index (χ3n) is 4.36. The molecular weight excluding hydrogens is 371 g/mol. The average molecular weight is 391 g/mol. The largest absolute Gasteiger partial charge is 0.389 e. The Morgan fingerprint density at radius 1 is 1.41 bits per heavy atom. The van der Waals surface area contributed by atoms with Crippen LogP contribution in [0, 0.1) is 0 Å². The highest BCUT2D eigenvalue weighted by Gasteiger charge is 2.20. The maximum absolute atomic E-state index is 12.5. The fraction of sp³-hybridized carbons (Fsp3) is 0.316. The maximum atomic E-state index is 12.5. The fourth-order valence-corrected chi connectivity index (χ4v) is 3.05. The number of carbonyl (C=O) groups excluding carboxylic acids is 1. The predicted octanol–water partition coefficient (Wildman–Crippen LogP) is 3.97. The van der Waals surface area contributed by atoms with Crippen molar-refractivity contribution in [3.8, 4) is 0 Å². The van der Waals surface area contributed by atoms with Gasteiger partial charge in [-0.2, -0.15) is 0 Å². The number of hydrogen-bond donors (Lipinski definition) is 2. The fourth-order valence-electron chi connectivity index (χ4n) is 2.75. The summed E-state index contributed by atoms with van der Waals surface area (Å²) in [6.07, 6.45) is 4.91. The molecule has 6 nitrogen and oxygen atoms in total. The number of urea groups is 1. The van der Waals surface area contributed by atoms with Crippen LogP contribution in [-0.4, -0.2) is 39.1 Å². The predicted molar refractivity (Wildman–Crippen MR) is 102 cm³/mol. The van der Waals surface area contributed by atoms with Crippen LogP contribution in [0.2, 0.25) is 5.02 Å². The van der Waals surface area contributed by atoms with Crippen molar-refractivity contribution in [1.82, 2.24) is 14.9 Å². The molecule has 0 spiro atoms. The summed E-state index contributed by atoms with van der Waals surface area (Å²) in [6, 6.07) is 4.60. The Morgan fingerprint density at radius 2 is 2.22 bits per heavy atom. The van der Waals surface area contributed by atoms with Gasteiger partial charge in [0.1, 0.15) is 12.5 Å². The van der Waals surface area contributed by atoms with Crippen LogP contribution in [-0.2, 0) is 6.67 Å². The molecule has 1 aliphatic rings. The number of anilines is 1. The van der Waals surface area contributed by atoms with Crippen molar-refractivity contribution in [3.05, 3.63) is 58.5 Å². The van der Waals surface area contributed by atoms with E-state index in [1.54, 1.807) is 36.2 Å². The molecular formula is C19H20ClFN4O2. The summed E-state index contributed by atoms with van der Waals surface area (Å²) in [6.45, 7) is 2.00. The minimum atomic E-state index is -0.629. The molecule has 1 atom stereocenters. The number of carbonyl (C=O) groups is 1. The molecule has 0 bridgehead atoms. The van der Waals surface area contributed by atoms with E-state index in [4.69, 9.17) is 11.6 Å². The summed E-state index contributed by atoms with van der Waals surface area (Å²) in [5.41, 5.74) is 2.76. The molecule has 3 rings (SSSR count). The Kier molecular flexibility index (Phi) is 6.03. The number of nitrogens with zero attached hydrogens (tertiary/aromatic N) is 3. The van der Waals surface area contributed by atoms with Gasteiger partial charge in [-0.15, -0.1) is 0 Å². The molecule has 2 aromatic heterocycles. The zero-order valence-electron chi connectivity index (χ0n) is 14.8. The lowest BCUT2D eigenvalue weighted by atomic mass is 10.0. The van der Waals surface area contributed by atoms with Crippen molar-refractivity contribution in [2.24, 2.45) is 0 Å². The molecule has 2 amide bonds. The van der Waals surface area contributed by atoms with Crippen molar-refractivity contribution in [3.63, 3.8) is 0 Å². The second-order valence-corrected chi connectivity index (χ2v) is 6.72. The molecule has 27 heavy (non-hydrogen) atoms. The van der Waals surface area contributed by atoms with Crippen LogP contribution in [0.5, 0.6) is 0 Å². The molecule has 0 saturated heterocycles. The molecule has 0 aromatic carbocycles. The summed E-state index contributed by atoms with van der Waals surface area (Å²) in [7, 11) is 0. The Balaban J connectivity index is 1.64. The van der Waals surface area contributed by atoms with Gasteiger partial charge in [0.15, 0.2) is 0 Å². The van der Waals surface area contributed by atoms with E-state index in [-0.39, 0.29) is 6.03 Å². The third kappa shape index (κ3) is 4.61. The molecule has 1 aliphatic heterocycles. The highest BCUT2D eigenvalue weighted by molar-refractivity contribution is 6.32. The van der Waals surface area contributed by atoms with Crippen LogP contribution in [0.15, 0.2) is 36.7 Å². The van der Waals surface area contributed by atoms with Crippen molar-refractivity contribution in [2.45, 2.75) is 26.1 Å². The van der Waals surface area contributed by atoms with Gasteiger partial charge in [0, 0.05) is 36.6 Å². The minimum absolute atomic E-state index is 0.269.